The second-order valence-corrected chi connectivity index (χ2v) is 8.39. The molecule has 3 aromatic rings. The second kappa shape index (κ2) is 8.94. The Morgan fingerprint density at radius 3 is 2.53 bits per heavy atom. The number of nitrogen functional groups attached to an aromatic ring is 1. The molecule has 11 heteroatoms. The van der Waals surface area contributed by atoms with Gasteiger partial charge in [-0.25, -0.2) is 4.98 Å². The van der Waals surface area contributed by atoms with Crippen LogP contribution in [-0.2, 0) is 4.79 Å². The number of hydrogen-bond acceptors (Lipinski definition) is 9. The van der Waals surface area contributed by atoms with Gasteiger partial charge in [0.05, 0.1) is 19.7 Å². The zero-order valence-corrected chi connectivity index (χ0v) is 19.5. The minimum absolute atomic E-state index is 0.115. The predicted molar refractivity (Wildman–Crippen MR) is 127 cm³/mol. The van der Waals surface area contributed by atoms with Crippen molar-refractivity contribution in [3.8, 4) is 23.0 Å². The van der Waals surface area contributed by atoms with Gasteiger partial charge in [-0.3, -0.25) is 4.79 Å². The third-order valence-electron chi connectivity index (χ3n) is 5.93. The van der Waals surface area contributed by atoms with Crippen LogP contribution in [0.1, 0.15) is 0 Å². The van der Waals surface area contributed by atoms with Crippen LogP contribution in [0, 0.1) is 0 Å². The van der Waals surface area contributed by atoms with E-state index in [0.717, 1.165) is 0 Å². The first kappa shape index (κ1) is 22.1. The van der Waals surface area contributed by atoms with Gasteiger partial charge in [0.25, 0.3) is 5.91 Å². The van der Waals surface area contributed by atoms with Crippen molar-refractivity contribution in [1.29, 1.82) is 0 Å². The molecular formula is C23H24ClN5O5. The van der Waals surface area contributed by atoms with Crippen LogP contribution in [0.3, 0.4) is 0 Å². The van der Waals surface area contributed by atoms with Gasteiger partial charge in [0.15, 0.2) is 23.0 Å². The van der Waals surface area contributed by atoms with Crippen molar-refractivity contribution in [1.82, 2.24) is 14.9 Å². The van der Waals surface area contributed by atoms with E-state index in [-0.39, 0.29) is 12.5 Å². The van der Waals surface area contributed by atoms with Gasteiger partial charge in [-0.05, 0) is 18.2 Å². The number of nitrogens with zero attached hydrogens (tertiary/aromatic N) is 4. The Morgan fingerprint density at radius 2 is 1.79 bits per heavy atom. The number of benzene rings is 2. The van der Waals surface area contributed by atoms with E-state index < -0.39 is 6.10 Å². The highest BCUT2D eigenvalue weighted by Gasteiger charge is 2.33. The molecule has 0 aliphatic carbocycles. The number of nitrogens with two attached hydrogens (primary N) is 1. The molecule has 1 fully saturated rings. The van der Waals surface area contributed by atoms with Crippen LogP contribution in [0.15, 0.2) is 30.3 Å². The molecule has 2 aromatic carbocycles. The monoisotopic (exact) mass is 485 g/mol. The van der Waals surface area contributed by atoms with Crippen molar-refractivity contribution >= 4 is 40.2 Å². The maximum atomic E-state index is 13.0. The summed E-state index contributed by atoms with van der Waals surface area (Å²) in [6.07, 6.45) is -0.699. The molecule has 5 rings (SSSR count). The molecule has 34 heavy (non-hydrogen) atoms. The number of carbonyl (C=O) groups is 1. The molecule has 1 aromatic heterocycles. The number of fused-ring (bicyclic) bond motifs is 2. The summed E-state index contributed by atoms with van der Waals surface area (Å²) in [6, 6.07) is 8.64. The lowest BCUT2D eigenvalue weighted by atomic mass is 10.2. The summed E-state index contributed by atoms with van der Waals surface area (Å²) in [5.74, 6) is 2.92. The maximum absolute atomic E-state index is 13.0. The quantitative estimate of drug-likeness (QED) is 0.595. The molecule has 0 spiro atoms. The Balaban J connectivity index is 1.27. The van der Waals surface area contributed by atoms with Crippen molar-refractivity contribution in [2.45, 2.75) is 6.10 Å². The van der Waals surface area contributed by atoms with Crippen molar-refractivity contribution in [3.05, 3.63) is 35.4 Å². The zero-order chi connectivity index (χ0) is 23.8. The normalized spacial score (nSPS) is 17.6. The molecule has 0 radical (unpaired) electrons. The van der Waals surface area contributed by atoms with E-state index in [0.29, 0.717) is 76.9 Å². The number of piperazine rings is 1. The molecule has 1 amide bonds. The summed E-state index contributed by atoms with van der Waals surface area (Å²) < 4.78 is 22.3. The van der Waals surface area contributed by atoms with E-state index in [4.69, 9.17) is 36.3 Å². The number of carbonyl (C=O) groups excluding carboxylic acids is 1. The fourth-order valence-electron chi connectivity index (χ4n) is 4.11. The van der Waals surface area contributed by atoms with Gasteiger partial charge in [-0.15, -0.1) is 0 Å². The van der Waals surface area contributed by atoms with E-state index in [2.05, 4.69) is 9.97 Å². The molecule has 0 saturated carbocycles. The van der Waals surface area contributed by atoms with Crippen LogP contribution in [0.25, 0.3) is 10.9 Å². The fourth-order valence-corrected chi connectivity index (χ4v) is 4.27. The number of anilines is 2. The molecule has 0 bridgehead atoms. The predicted octanol–water partition coefficient (Wildman–Crippen LogP) is 2.37. The van der Waals surface area contributed by atoms with E-state index in [1.54, 1.807) is 49.5 Å². The summed E-state index contributed by atoms with van der Waals surface area (Å²) in [6.45, 7) is 2.26. The largest absolute Gasteiger partial charge is 0.493 e. The lowest BCUT2D eigenvalue weighted by Crippen LogP contribution is -2.54. The Bertz CT molecular complexity index is 1250. The Hall–Kier alpha value is -3.66. The Kier molecular flexibility index (Phi) is 5.82. The van der Waals surface area contributed by atoms with E-state index in [9.17, 15) is 4.79 Å². The summed E-state index contributed by atoms with van der Waals surface area (Å²) >= 11 is 5.99. The topological polar surface area (TPSA) is 112 Å². The van der Waals surface area contributed by atoms with Crippen molar-refractivity contribution in [2.24, 2.45) is 0 Å². The highest BCUT2D eigenvalue weighted by atomic mass is 35.5. The number of halogens is 1. The van der Waals surface area contributed by atoms with Gasteiger partial charge in [0.2, 0.25) is 12.1 Å². The van der Waals surface area contributed by atoms with Crippen LogP contribution in [-0.4, -0.2) is 73.9 Å². The fraction of sp³-hybridized carbons (Fsp3) is 0.348. The third kappa shape index (κ3) is 4.05. The lowest BCUT2D eigenvalue weighted by Gasteiger charge is -2.37. The highest BCUT2D eigenvalue weighted by molar-refractivity contribution is 6.30. The maximum Gasteiger partial charge on any atom is 0.267 e. The third-order valence-corrected chi connectivity index (χ3v) is 6.17. The zero-order valence-electron chi connectivity index (χ0n) is 18.8. The Morgan fingerprint density at radius 1 is 1.06 bits per heavy atom. The van der Waals surface area contributed by atoms with Gasteiger partial charge in [0.1, 0.15) is 12.4 Å². The molecule has 10 nitrogen and oxygen atoms in total. The molecule has 2 aliphatic rings. The second-order valence-electron chi connectivity index (χ2n) is 7.95. The smallest absolute Gasteiger partial charge is 0.267 e. The van der Waals surface area contributed by atoms with Gasteiger partial charge in [0, 0.05) is 48.7 Å². The number of ether oxygens (including phenoxy) is 4. The molecular weight excluding hydrogens is 462 g/mol. The van der Waals surface area contributed by atoms with Crippen molar-refractivity contribution < 1.29 is 23.7 Å². The van der Waals surface area contributed by atoms with Gasteiger partial charge in [-0.1, -0.05) is 11.6 Å². The van der Waals surface area contributed by atoms with E-state index in [1.165, 1.54) is 0 Å². The molecule has 2 N–H and O–H groups in total. The molecule has 1 unspecified atom stereocenters. The minimum atomic E-state index is -0.699. The SMILES string of the molecule is COc1cc2nc(N3CCN(C(=O)C4COc5cc(Cl)ccc5O4)CC3)nc(N)c2cc1OC. The van der Waals surface area contributed by atoms with Crippen molar-refractivity contribution in [3.63, 3.8) is 0 Å². The first-order chi connectivity index (χ1) is 16.5. The van der Waals surface area contributed by atoms with Gasteiger partial charge in [-0.2, -0.15) is 4.98 Å². The van der Waals surface area contributed by atoms with Crippen LogP contribution >= 0.6 is 11.6 Å². The number of amides is 1. The first-order valence-electron chi connectivity index (χ1n) is 10.8. The van der Waals surface area contributed by atoms with E-state index >= 15 is 0 Å². The molecule has 2 aliphatic heterocycles. The minimum Gasteiger partial charge on any atom is -0.493 e. The number of hydrogen-bond donors (Lipinski definition) is 1. The van der Waals surface area contributed by atoms with Crippen LogP contribution in [0.4, 0.5) is 11.8 Å². The molecule has 178 valence electrons. The van der Waals surface area contributed by atoms with Gasteiger partial charge < -0.3 is 34.5 Å². The number of rotatable bonds is 4. The lowest BCUT2D eigenvalue weighted by molar-refractivity contribution is -0.141. The summed E-state index contributed by atoms with van der Waals surface area (Å²) in [5, 5.41) is 1.24. The van der Waals surface area contributed by atoms with Gasteiger partial charge >= 0.3 is 0 Å². The molecule has 3 heterocycles. The average Bonchev–Trinajstić information content (AvgIpc) is 2.87. The highest BCUT2D eigenvalue weighted by Crippen LogP contribution is 2.35. The number of methoxy groups -OCH3 is 2. The standard InChI is InChI=1S/C23H24ClN5O5/c1-31-17-10-14-15(11-18(17)32-2)26-23(27-21(14)25)29-7-5-28(6-8-29)22(30)20-12-33-19-9-13(24)3-4-16(19)34-20/h3-4,9-11,20H,5-8,12H2,1-2H3,(H2,25,26,27). The van der Waals surface area contributed by atoms with E-state index in [1.807, 2.05) is 4.90 Å². The van der Waals surface area contributed by atoms with Crippen LogP contribution in [0.5, 0.6) is 23.0 Å². The Labute approximate surface area is 201 Å². The average molecular weight is 486 g/mol. The summed E-state index contributed by atoms with van der Waals surface area (Å²) in [7, 11) is 3.13. The first-order valence-corrected chi connectivity index (χ1v) is 11.2. The number of aromatic nitrogens is 2. The van der Waals surface area contributed by atoms with Crippen molar-refractivity contribution in [2.75, 3.05) is 57.6 Å². The summed E-state index contributed by atoms with van der Waals surface area (Å²) in [4.78, 5) is 26.0. The molecule has 1 saturated heterocycles. The van der Waals surface area contributed by atoms with Crippen LogP contribution in [0.2, 0.25) is 5.02 Å². The molecule has 1 atom stereocenters. The van der Waals surface area contributed by atoms with Crippen LogP contribution < -0.4 is 29.6 Å². The summed E-state index contributed by atoms with van der Waals surface area (Å²) in [5.41, 5.74) is 6.88.